The SMILES string of the molecule is COCC1(C(=O)NC(C)c2ccc(N3CCCC3=O)cc2)CCNCC1. The highest BCUT2D eigenvalue weighted by molar-refractivity contribution is 5.95. The predicted molar refractivity (Wildman–Crippen MR) is 101 cm³/mol. The molecule has 0 aliphatic carbocycles. The van der Waals surface area contributed by atoms with E-state index in [4.69, 9.17) is 4.74 Å². The largest absolute Gasteiger partial charge is 0.384 e. The molecular formula is C20H29N3O3. The fourth-order valence-electron chi connectivity index (χ4n) is 3.92. The number of nitrogens with one attached hydrogen (secondary N) is 2. The molecule has 1 unspecified atom stereocenters. The zero-order valence-corrected chi connectivity index (χ0v) is 15.7. The Hall–Kier alpha value is -1.92. The summed E-state index contributed by atoms with van der Waals surface area (Å²) in [6.07, 6.45) is 3.12. The van der Waals surface area contributed by atoms with Gasteiger partial charge in [-0.25, -0.2) is 0 Å². The first kappa shape index (κ1) is 18.9. The smallest absolute Gasteiger partial charge is 0.229 e. The number of rotatable bonds is 6. The van der Waals surface area contributed by atoms with Crippen LogP contribution in [0, 0.1) is 5.41 Å². The molecule has 0 bridgehead atoms. The van der Waals surface area contributed by atoms with Gasteiger partial charge in [-0.2, -0.15) is 0 Å². The van der Waals surface area contributed by atoms with Crippen LogP contribution in [0.5, 0.6) is 0 Å². The summed E-state index contributed by atoms with van der Waals surface area (Å²) in [6, 6.07) is 7.84. The molecule has 0 saturated carbocycles. The van der Waals surface area contributed by atoms with E-state index in [0.717, 1.165) is 50.1 Å². The summed E-state index contributed by atoms with van der Waals surface area (Å²) in [5.41, 5.74) is 1.52. The van der Waals surface area contributed by atoms with Crippen molar-refractivity contribution in [1.29, 1.82) is 0 Å². The Morgan fingerprint density at radius 3 is 2.58 bits per heavy atom. The lowest BCUT2D eigenvalue weighted by atomic mass is 9.78. The van der Waals surface area contributed by atoms with Gasteiger partial charge in [0.25, 0.3) is 0 Å². The molecule has 2 aliphatic rings. The third-order valence-electron chi connectivity index (χ3n) is 5.59. The van der Waals surface area contributed by atoms with Crippen molar-refractivity contribution in [1.82, 2.24) is 10.6 Å². The summed E-state index contributed by atoms with van der Waals surface area (Å²) in [5, 5.41) is 6.47. The van der Waals surface area contributed by atoms with Gasteiger partial charge in [-0.05, 0) is 57.0 Å². The van der Waals surface area contributed by atoms with Crippen LogP contribution in [-0.2, 0) is 14.3 Å². The van der Waals surface area contributed by atoms with E-state index in [2.05, 4.69) is 10.6 Å². The van der Waals surface area contributed by atoms with Gasteiger partial charge in [0, 0.05) is 25.8 Å². The van der Waals surface area contributed by atoms with E-state index in [-0.39, 0.29) is 17.9 Å². The zero-order valence-electron chi connectivity index (χ0n) is 15.7. The Bertz CT molecular complexity index is 633. The number of carbonyl (C=O) groups excluding carboxylic acids is 2. The second-order valence-corrected chi connectivity index (χ2v) is 7.40. The number of nitrogens with zero attached hydrogens (tertiary/aromatic N) is 1. The molecule has 26 heavy (non-hydrogen) atoms. The third kappa shape index (κ3) is 3.91. The average Bonchev–Trinajstić information content (AvgIpc) is 3.08. The highest BCUT2D eigenvalue weighted by Gasteiger charge is 2.40. The highest BCUT2D eigenvalue weighted by Crippen LogP contribution is 2.31. The number of ether oxygens (including phenoxy) is 1. The van der Waals surface area contributed by atoms with Crippen molar-refractivity contribution in [2.45, 2.75) is 38.6 Å². The summed E-state index contributed by atoms with van der Waals surface area (Å²) in [6.45, 7) is 4.91. The van der Waals surface area contributed by atoms with E-state index in [9.17, 15) is 9.59 Å². The molecule has 3 rings (SSSR count). The molecule has 1 aromatic rings. The first-order valence-corrected chi connectivity index (χ1v) is 9.47. The molecule has 0 radical (unpaired) electrons. The van der Waals surface area contributed by atoms with Gasteiger partial charge in [-0.3, -0.25) is 9.59 Å². The third-order valence-corrected chi connectivity index (χ3v) is 5.59. The molecule has 6 heteroatoms. The van der Waals surface area contributed by atoms with E-state index in [1.807, 2.05) is 36.1 Å². The van der Waals surface area contributed by atoms with Crippen LogP contribution >= 0.6 is 0 Å². The summed E-state index contributed by atoms with van der Waals surface area (Å²) in [4.78, 5) is 26.6. The van der Waals surface area contributed by atoms with E-state index in [0.29, 0.717) is 13.0 Å². The van der Waals surface area contributed by atoms with Gasteiger partial charge in [0.2, 0.25) is 11.8 Å². The average molecular weight is 359 g/mol. The summed E-state index contributed by atoms with van der Waals surface area (Å²) < 4.78 is 5.35. The Balaban J connectivity index is 1.66. The van der Waals surface area contributed by atoms with Gasteiger partial charge in [0.05, 0.1) is 18.1 Å². The summed E-state index contributed by atoms with van der Waals surface area (Å²) >= 11 is 0. The van der Waals surface area contributed by atoms with Crippen molar-refractivity contribution in [3.05, 3.63) is 29.8 Å². The number of hydrogen-bond acceptors (Lipinski definition) is 4. The van der Waals surface area contributed by atoms with Crippen LogP contribution in [0.4, 0.5) is 5.69 Å². The van der Waals surface area contributed by atoms with Gasteiger partial charge in [0.1, 0.15) is 0 Å². The molecule has 1 aromatic carbocycles. The lowest BCUT2D eigenvalue weighted by molar-refractivity contribution is -0.136. The number of hydrogen-bond donors (Lipinski definition) is 2. The van der Waals surface area contributed by atoms with Crippen molar-refractivity contribution in [2.24, 2.45) is 5.41 Å². The molecule has 2 aliphatic heterocycles. The summed E-state index contributed by atoms with van der Waals surface area (Å²) in [7, 11) is 1.65. The number of piperidine rings is 1. The van der Waals surface area contributed by atoms with Crippen molar-refractivity contribution in [2.75, 3.05) is 38.3 Å². The minimum absolute atomic E-state index is 0.0622. The molecule has 2 fully saturated rings. The van der Waals surface area contributed by atoms with Gasteiger partial charge < -0.3 is 20.3 Å². The van der Waals surface area contributed by atoms with E-state index < -0.39 is 5.41 Å². The Kier molecular flexibility index (Phi) is 5.94. The number of anilines is 1. The van der Waals surface area contributed by atoms with Crippen LogP contribution in [0.15, 0.2) is 24.3 Å². The number of carbonyl (C=O) groups is 2. The van der Waals surface area contributed by atoms with Crippen molar-refractivity contribution >= 4 is 17.5 Å². The molecule has 0 spiro atoms. The fraction of sp³-hybridized carbons (Fsp3) is 0.600. The van der Waals surface area contributed by atoms with Crippen LogP contribution in [-0.4, -0.2) is 45.2 Å². The molecule has 2 saturated heterocycles. The maximum Gasteiger partial charge on any atom is 0.229 e. The maximum absolute atomic E-state index is 12.9. The predicted octanol–water partition coefficient (Wildman–Crippen LogP) is 2.01. The second-order valence-electron chi connectivity index (χ2n) is 7.40. The quantitative estimate of drug-likeness (QED) is 0.815. The lowest BCUT2D eigenvalue weighted by Gasteiger charge is -2.36. The molecule has 142 valence electrons. The molecular weight excluding hydrogens is 330 g/mol. The molecule has 0 aromatic heterocycles. The number of amides is 2. The Labute approximate surface area is 155 Å². The van der Waals surface area contributed by atoms with Crippen LogP contribution in [0.1, 0.15) is 44.2 Å². The van der Waals surface area contributed by atoms with Crippen LogP contribution in [0.2, 0.25) is 0 Å². The molecule has 6 nitrogen and oxygen atoms in total. The van der Waals surface area contributed by atoms with E-state index in [1.54, 1.807) is 7.11 Å². The fourth-order valence-corrected chi connectivity index (χ4v) is 3.92. The normalized spacial score (nSPS) is 20.8. The second kappa shape index (κ2) is 8.18. The van der Waals surface area contributed by atoms with Crippen LogP contribution in [0.3, 0.4) is 0 Å². The van der Waals surface area contributed by atoms with Gasteiger partial charge >= 0.3 is 0 Å². The number of benzene rings is 1. The number of methoxy groups -OCH3 is 1. The molecule has 1 atom stereocenters. The van der Waals surface area contributed by atoms with Crippen molar-refractivity contribution in [3.63, 3.8) is 0 Å². The first-order valence-electron chi connectivity index (χ1n) is 9.47. The standard InChI is InChI=1S/C20H29N3O3/c1-15(22-19(25)20(14-26-2)9-11-21-12-10-20)16-5-7-17(8-6-16)23-13-3-4-18(23)24/h5-8,15,21H,3-4,9-14H2,1-2H3,(H,22,25). The van der Waals surface area contributed by atoms with Crippen LogP contribution in [0.25, 0.3) is 0 Å². The summed E-state index contributed by atoms with van der Waals surface area (Å²) in [5.74, 6) is 0.249. The minimum Gasteiger partial charge on any atom is -0.384 e. The Morgan fingerprint density at radius 2 is 2.00 bits per heavy atom. The highest BCUT2D eigenvalue weighted by atomic mass is 16.5. The Morgan fingerprint density at radius 1 is 1.31 bits per heavy atom. The van der Waals surface area contributed by atoms with Gasteiger partial charge in [0.15, 0.2) is 0 Å². The molecule has 2 N–H and O–H groups in total. The monoisotopic (exact) mass is 359 g/mol. The van der Waals surface area contributed by atoms with E-state index >= 15 is 0 Å². The first-order chi connectivity index (χ1) is 12.6. The van der Waals surface area contributed by atoms with Crippen molar-refractivity contribution in [3.8, 4) is 0 Å². The van der Waals surface area contributed by atoms with E-state index in [1.165, 1.54) is 0 Å². The zero-order chi connectivity index (χ0) is 18.6. The molecule has 2 heterocycles. The van der Waals surface area contributed by atoms with Gasteiger partial charge in [-0.1, -0.05) is 12.1 Å². The minimum atomic E-state index is -0.448. The molecule has 2 amide bonds. The van der Waals surface area contributed by atoms with Crippen LogP contribution < -0.4 is 15.5 Å². The lowest BCUT2D eigenvalue weighted by Crippen LogP contribution is -2.50. The van der Waals surface area contributed by atoms with Crippen molar-refractivity contribution < 1.29 is 14.3 Å². The topological polar surface area (TPSA) is 70.7 Å². The van der Waals surface area contributed by atoms with Gasteiger partial charge in [-0.15, -0.1) is 0 Å². The maximum atomic E-state index is 12.9.